The van der Waals surface area contributed by atoms with Gasteiger partial charge in [0.15, 0.2) is 5.69 Å². The quantitative estimate of drug-likeness (QED) is 0.668. The zero-order valence-corrected chi connectivity index (χ0v) is 12.2. The van der Waals surface area contributed by atoms with Crippen molar-refractivity contribution >= 4 is 11.7 Å². The van der Waals surface area contributed by atoms with Crippen LogP contribution in [0.1, 0.15) is 47.6 Å². The molecule has 0 bridgehead atoms. The Hall–Kier alpha value is -2.14. The monoisotopic (exact) mass is 288 g/mol. The molecule has 1 heterocycles. The third kappa shape index (κ3) is 2.83. The van der Waals surface area contributed by atoms with E-state index < -0.39 is 12.1 Å². The SMILES string of the molecule is C=CC=C(C=C)n1nc(C(=O)OCC)c2c1CCCC2O. The highest BCUT2D eigenvalue weighted by molar-refractivity contribution is 5.90. The molecule has 5 nitrogen and oxygen atoms in total. The Morgan fingerprint density at radius 1 is 1.57 bits per heavy atom. The number of fused-ring (bicyclic) bond motifs is 1. The van der Waals surface area contributed by atoms with Crippen molar-refractivity contribution in [2.45, 2.75) is 32.3 Å². The summed E-state index contributed by atoms with van der Waals surface area (Å²) in [4.78, 5) is 12.1. The van der Waals surface area contributed by atoms with Gasteiger partial charge in [-0.2, -0.15) is 5.10 Å². The number of carbonyl (C=O) groups excluding carboxylic acids is 1. The van der Waals surface area contributed by atoms with E-state index in [9.17, 15) is 9.90 Å². The molecule has 0 spiro atoms. The van der Waals surface area contributed by atoms with Crippen LogP contribution in [-0.2, 0) is 11.2 Å². The number of nitrogens with zero attached hydrogens (tertiary/aromatic N) is 2. The van der Waals surface area contributed by atoms with E-state index in [2.05, 4.69) is 18.3 Å². The maximum Gasteiger partial charge on any atom is 0.359 e. The van der Waals surface area contributed by atoms with E-state index in [1.54, 1.807) is 29.8 Å². The first-order chi connectivity index (χ1) is 10.1. The van der Waals surface area contributed by atoms with Crippen LogP contribution in [0, 0.1) is 0 Å². The number of aliphatic hydroxyl groups excluding tert-OH is 1. The summed E-state index contributed by atoms with van der Waals surface area (Å²) in [5.41, 5.74) is 2.32. The van der Waals surface area contributed by atoms with Crippen molar-refractivity contribution in [1.29, 1.82) is 0 Å². The van der Waals surface area contributed by atoms with Gasteiger partial charge in [-0.05, 0) is 38.3 Å². The van der Waals surface area contributed by atoms with Gasteiger partial charge in [-0.15, -0.1) is 0 Å². The van der Waals surface area contributed by atoms with Crippen LogP contribution in [0.25, 0.3) is 5.70 Å². The minimum absolute atomic E-state index is 0.191. The molecule has 1 aromatic heterocycles. The fraction of sp³-hybridized carbons (Fsp3) is 0.375. The molecule has 1 aliphatic rings. The molecule has 5 heteroatoms. The van der Waals surface area contributed by atoms with Gasteiger partial charge >= 0.3 is 5.97 Å². The van der Waals surface area contributed by atoms with Gasteiger partial charge in [0.25, 0.3) is 0 Å². The van der Waals surface area contributed by atoms with E-state index in [0.717, 1.165) is 18.5 Å². The first-order valence-corrected chi connectivity index (χ1v) is 7.06. The lowest BCUT2D eigenvalue weighted by Gasteiger charge is -2.19. The highest BCUT2D eigenvalue weighted by Crippen LogP contribution is 2.34. The van der Waals surface area contributed by atoms with Crippen molar-refractivity contribution in [3.8, 4) is 0 Å². The maximum atomic E-state index is 12.1. The molecule has 0 radical (unpaired) electrons. The molecule has 0 amide bonds. The van der Waals surface area contributed by atoms with Crippen molar-refractivity contribution in [3.63, 3.8) is 0 Å². The van der Waals surface area contributed by atoms with Crippen molar-refractivity contribution in [2.75, 3.05) is 6.61 Å². The van der Waals surface area contributed by atoms with Crippen LogP contribution >= 0.6 is 0 Å². The van der Waals surface area contributed by atoms with Gasteiger partial charge in [0, 0.05) is 5.56 Å². The van der Waals surface area contributed by atoms with Gasteiger partial charge < -0.3 is 9.84 Å². The highest BCUT2D eigenvalue weighted by atomic mass is 16.5. The largest absolute Gasteiger partial charge is 0.461 e. The fourth-order valence-corrected chi connectivity index (χ4v) is 2.57. The van der Waals surface area contributed by atoms with Gasteiger partial charge in [0.2, 0.25) is 0 Å². The number of carbonyl (C=O) groups is 1. The Morgan fingerprint density at radius 3 is 2.95 bits per heavy atom. The molecule has 1 aromatic rings. The van der Waals surface area contributed by atoms with E-state index >= 15 is 0 Å². The molecule has 2 rings (SSSR count). The van der Waals surface area contributed by atoms with E-state index in [-0.39, 0.29) is 12.3 Å². The van der Waals surface area contributed by atoms with Crippen LogP contribution in [0.5, 0.6) is 0 Å². The van der Waals surface area contributed by atoms with Gasteiger partial charge in [0.1, 0.15) is 0 Å². The number of hydrogen-bond acceptors (Lipinski definition) is 4. The topological polar surface area (TPSA) is 64.4 Å². The van der Waals surface area contributed by atoms with Crippen molar-refractivity contribution in [3.05, 3.63) is 48.3 Å². The van der Waals surface area contributed by atoms with Crippen LogP contribution in [0.3, 0.4) is 0 Å². The molecule has 1 atom stereocenters. The Kier molecular flexibility index (Phi) is 4.75. The lowest BCUT2D eigenvalue weighted by atomic mass is 9.93. The van der Waals surface area contributed by atoms with Gasteiger partial charge in [-0.3, -0.25) is 0 Å². The Labute approximate surface area is 124 Å². The number of hydrogen-bond donors (Lipinski definition) is 1. The van der Waals surface area contributed by atoms with E-state index in [4.69, 9.17) is 4.74 Å². The summed E-state index contributed by atoms with van der Waals surface area (Å²) in [5.74, 6) is -0.504. The lowest BCUT2D eigenvalue weighted by Crippen LogP contribution is -2.14. The smallest absolute Gasteiger partial charge is 0.359 e. The van der Waals surface area contributed by atoms with Gasteiger partial charge in [-0.1, -0.05) is 19.2 Å². The predicted molar refractivity (Wildman–Crippen MR) is 80.7 cm³/mol. The maximum absolute atomic E-state index is 12.1. The number of allylic oxidation sites excluding steroid dienone is 4. The van der Waals surface area contributed by atoms with Crippen LogP contribution < -0.4 is 0 Å². The molecule has 0 saturated carbocycles. The second-order valence-electron chi connectivity index (χ2n) is 4.78. The molecule has 1 N–H and O–H groups in total. The van der Waals surface area contributed by atoms with E-state index in [0.29, 0.717) is 17.7 Å². The number of rotatable bonds is 5. The molecule has 0 aliphatic heterocycles. The van der Waals surface area contributed by atoms with Crippen molar-refractivity contribution in [1.82, 2.24) is 9.78 Å². The standard InChI is InChI=1S/C16H20N2O3/c1-4-8-11(5-2)18-12-9-7-10-13(19)14(12)15(17-18)16(20)21-6-3/h4-5,8,13,19H,1-2,6-7,9-10H2,3H3. The molecular weight excluding hydrogens is 268 g/mol. The van der Waals surface area contributed by atoms with E-state index in [1.807, 2.05) is 0 Å². The molecular formula is C16H20N2O3. The predicted octanol–water partition coefficient (Wildman–Crippen LogP) is 2.64. The number of ether oxygens (including phenoxy) is 1. The summed E-state index contributed by atoms with van der Waals surface area (Å²) in [7, 11) is 0. The highest BCUT2D eigenvalue weighted by Gasteiger charge is 2.31. The second-order valence-corrected chi connectivity index (χ2v) is 4.78. The average molecular weight is 288 g/mol. The Bertz CT molecular complexity index is 599. The molecule has 1 aliphatic carbocycles. The summed E-state index contributed by atoms with van der Waals surface area (Å²) in [6.45, 7) is 9.44. The fourth-order valence-electron chi connectivity index (χ4n) is 2.57. The summed E-state index contributed by atoms with van der Waals surface area (Å²) in [6, 6.07) is 0. The normalized spacial score (nSPS) is 18.0. The molecule has 112 valence electrons. The summed E-state index contributed by atoms with van der Waals surface area (Å²) in [5, 5.41) is 14.6. The number of aliphatic hydroxyl groups is 1. The third-order valence-corrected chi connectivity index (χ3v) is 3.46. The first-order valence-electron chi connectivity index (χ1n) is 7.06. The van der Waals surface area contributed by atoms with Crippen LogP contribution in [0.4, 0.5) is 0 Å². The van der Waals surface area contributed by atoms with Crippen LogP contribution in [0.2, 0.25) is 0 Å². The average Bonchev–Trinajstić information content (AvgIpc) is 2.86. The molecule has 0 aromatic carbocycles. The number of aromatic nitrogens is 2. The Morgan fingerprint density at radius 2 is 2.33 bits per heavy atom. The second kappa shape index (κ2) is 6.54. The minimum Gasteiger partial charge on any atom is -0.461 e. The summed E-state index contributed by atoms with van der Waals surface area (Å²) < 4.78 is 6.69. The first kappa shape index (κ1) is 15.3. The van der Waals surface area contributed by atoms with Gasteiger partial charge in [-0.25, -0.2) is 9.48 Å². The summed E-state index contributed by atoms with van der Waals surface area (Å²) >= 11 is 0. The zero-order chi connectivity index (χ0) is 15.4. The van der Waals surface area contributed by atoms with Crippen molar-refractivity contribution in [2.24, 2.45) is 0 Å². The Balaban J connectivity index is 2.60. The molecule has 1 unspecified atom stereocenters. The van der Waals surface area contributed by atoms with Crippen LogP contribution in [-0.4, -0.2) is 27.5 Å². The minimum atomic E-state index is -0.684. The van der Waals surface area contributed by atoms with Crippen LogP contribution in [0.15, 0.2) is 31.4 Å². The summed E-state index contributed by atoms with van der Waals surface area (Å²) in [6.07, 6.45) is 6.58. The molecule has 0 saturated heterocycles. The van der Waals surface area contributed by atoms with E-state index in [1.165, 1.54) is 0 Å². The molecule has 0 fully saturated rings. The third-order valence-electron chi connectivity index (χ3n) is 3.46. The lowest BCUT2D eigenvalue weighted by molar-refractivity contribution is 0.0510. The zero-order valence-electron chi connectivity index (χ0n) is 12.2. The molecule has 21 heavy (non-hydrogen) atoms. The van der Waals surface area contributed by atoms with Gasteiger partial charge in [0.05, 0.1) is 24.1 Å². The van der Waals surface area contributed by atoms with Crippen molar-refractivity contribution < 1.29 is 14.6 Å². The number of esters is 1.